The number of methoxy groups -OCH3 is 4. The fourth-order valence-electron chi connectivity index (χ4n) is 12.9. The predicted octanol–water partition coefficient (Wildman–Crippen LogP) is 13.9. The molecule has 2 fully saturated rings. The number of ketones is 5. The zero-order chi connectivity index (χ0) is 98.8. The summed E-state index contributed by atoms with van der Waals surface area (Å²) in [5, 5.41) is 30.7. The number of carbonyl (C=O) groups excluding carboxylic acids is 11. The molecule has 0 aromatic heterocycles. The maximum absolute atomic E-state index is 13.8. The van der Waals surface area contributed by atoms with Crippen LogP contribution in [0.2, 0.25) is 0 Å². The number of alkyl carbamates (subject to hydrolysis) is 4. The molecular weight excluding hydrogens is 2200 g/mol. The van der Waals surface area contributed by atoms with E-state index in [9.17, 15) is 67.4 Å². The van der Waals surface area contributed by atoms with Crippen LogP contribution in [0.25, 0.3) is 0 Å². The van der Waals surface area contributed by atoms with E-state index in [2.05, 4.69) is 26.6 Å². The summed E-state index contributed by atoms with van der Waals surface area (Å²) >= 11 is 0. The molecular formula is C103H124N6O25U2. The van der Waals surface area contributed by atoms with Gasteiger partial charge in [0.2, 0.25) is 5.91 Å². The van der Waals surface area contributed by atoms with Crippen LogP contribution in [0.3, 0.4) is 0 Å². The molecule has 724 valence electrons. The smallest absolute Gasteiger partial charge is 0.408 e. The van der Waals surface area contributed by atoms with Crippen molar-refractivity contribution in [2.24, 2.45) is 23.5 Å². The first-order chi connectivity index (χ1) is 64.7. The summed E-state index contributed by atoms with van der Waals surface area (Å²) in [5.74, 6) is -4.57. The molecule has 2 heterocycles. The number of ether oxygens (including phenoxy) is 10. The maximum Gasteiger partial charge on any atom is 0.408 e. The van der Waals surface area contributed by atoms with E-state index >= 15 is 0 Å². The third-order valence-electron chi connectivity index (χ3n) is 21.3. The van der Waals surface area contributed by atoms with Gasteiger partial charge in [0.05, 0.1) is 83.7 Å². The minimum absolute atomic E-state index is 0. The molecule has 11 rings (SSSR count). The van der Waals surface area contributed by atoms with Crippen molar-refractivity contribution in [3.05, 3.63) is 305 Å². The fourth-order valence-corrected chi connectivity index (χ4v) is 12.9. The van der Waals surface area contributed by atoms with Gasteiger partial charge in [0.15, 0.2) is 28.9 Å². The van der Waals surface area contributed by atoms with Crippen LogP contribution in [-0.2, 0) is 135 Å². The average Bonchev–Trinajstić information content (AvgIpc) is 1.66. The van der Waals surface area contributed by atoms with Crippen LogP contribution in [0, 0.1) is 80.0 Å². The number of carboxylic acids is 2. The van der Waals surface area contributed by atoms with Gasteiger partial charge >= 0.3 is 42.3 Å². The number of carbonyl (C=O) groups is 13. The summed E-state index contributed by atoms with van der Waals surface area (Å²) in [6, 6.07) is 72.6. The van der Waals surface area contributed by atoms with Crippen molar-refractivity contribution < 1.29 is 185 Å². The normalized spacial score (nSPS) is 15.2. The Bertz CT molecular complexity index is 5220. The van der Waals surface area contributed by atoms with Crippen molar-refractivity contribution in [1.82, 2.24) is 26.6 Å². The van der Waals surface area contributed by atoms with E-state index < -0.39 is 113 Å². The average molecular weight is 2330 g/mol. The predicted molar refractivity (Wildman–Crippen MR) is 501 cm³/mol. The van der Waals surface area contributed by atoms with E-state index in [4.69, 9.17) is 61.2 Å². The molecule has 31 nitrogen and oxygen atoms in total. The fraction of sp³-hybridized carbons (Fsp3) is 0.350. The maximum atomic E-state index is 13.8. The van der Waals surface area contributed by atoms with Crippen LogP contribution in [0.5, 0.6) is 17.2 Å². The topological polar surface area (TPSA) is 447 Å². The Labute approximate surface area is 844 Å². The molecule has 2 saturated heterocycles. The molecule has 2 aliphatic rings. The van der Waals surface area contributed by atoms with Crippen LogP contribution < -0.4 is 46.5 Å². The van der Waals surface area contributed by atoms with Gasteiger partial charge in [-0.15, -0.1) is 0 Å². The van der Waals surface area contributed by atoms with Crippen molar-refractivity contribution in [3.8, 4) is 17.2 Å². The quantitative estimate of drug-likeness (QED) is 0.00999. The second-order valence-corrected chi connectivity index (χ2v) is 32.0. The number of esters is 1. The van der Waals surface area contributed by atoms with E-state index in [1.165, 1.54) is 21.0 Å². The molecule has 9 N–H and O–H groups in total. The molecule has 0 aliphatic carbocycles. The molecule has 0 spiro atoms. The van der Waals surface area contributed by atoms with E-state index in [0.717, 1.165) is 50.1 Å². The second-order valence-electron chi connectivity index (χ2n) is 32.0. The van der Waals surface area contributed by atoms with Gasteiger partial charge < -0.3 is 89.9 Å². The molecule has 0 bridgehead atoms. The molecule has 5 amide bonds. The standard InChI is InChI=1S/C34H38N2O7.C23H27NO6.C22H25NO6.C12H15NO2.C11H13NO4.CH4.2U.H2/c1-23(35-33(40)42-21-26-12-8-5-9-13-26)30(37)20-27(18-25-14-16-28(41-3)17-15-25)32(39)36-29(31(38)34(2)22-43-34)19-24-10-6-4-7-11-24;1-16(24-23(27)30-15-18-7-5-4-6-8-18)21(25)14-19(22(26)29-3)13-17-9-11-20(28-2)12-10-17;1-15(23-22(27)29-14-17-6-4-3-5-7-17)20(24)13-18(21(25)26)12-16-8-10-19(28-2)11-9-16;1-12(8-15-12)11(14)10(13)7-9-5-3-2-4-6-9;1-8(10(13)14)12-11(15)16-7-9-5-3-2-4-6-9;;;;/h4-17,23,27,29H,18-22H2,1-3H3,(H,35,40)(H,36,39);4-12,16,19H,13-15H2,1-3H3,(H,24,27);3-11,15,18H,12-14H2,1-2H3,(H,23,27)(H,25,26);2-6,10H,7-8,13H2,1H3;2-6,8H,7H2,1H3,(H,12,15)(H,13,14);1H4;;;1H/t23?,27-,29+,34-;16-,19+;15-,18+;10-,12?;8-;;;;/m10000..../s1/i;;;;;;;;1+2T. The SMILES string of the molecule is C.CC1(C(=O)[C@@H](N)Cc2ccccc2)CO1.COC(=O)[C@@H](CC(=O)[C@H](C)NC(=O)OCc1ccccc1)Cc1ccc(OC)cc1.COc1ccc(C[C@H](CC(=O)C(C)NC(=O)OCc2ccccc2)C(=O)N[C@@H](Cc2ccccc2)C(=O)[C@@]2(C)CO2)cc1.COc1ccc(C[C@H](CC(=O)[C@H](C)NC(=O)OCc2ccccc2)C(=O)O)cc1.C[C@H](NC(=O)OCc1ccccc1)C(=O)O.[3H][3H].[U].[U]. The van der Waals surface area contributed by atoms with Gasteiger partial charge in [-0.05, 0) is 160 Å². The Hall–Kier alpha value is -12.3. The van der Waals surface area contributed by atoms with Crippen molar-refractivity contribution >= 4 is 77.1 Å². The first kappa shape index (κ1) is 114. The monoisotopic (exact) mass is 2320 g/mol. The molecule has 2 unspecified atom stereocenters. The zero-order valence-electron chi connectivity index (χ0n) is 79.2. The number of hydrogen-bond acceptors (Lipinski definition) is 24. The third-order valence-corrected chi connectivity index (χ3v) is 21.3. The first-order valence-electron chi connectivity index (χ1n) is 44.1. The number of benzene rings is 9. The van der Waals surface area contributed by atoms with E-state index in [0.29, 0.717) is 49.7 Å². The summed E-state index contributed by atoms with van der Waals surface area (Å²) in [4.78, 5) is 159. The molecule has 0 radical (unpaired) electrons. The molecule has 0 saturated carbocycles. The van der Waals surface area contributed by atoms with Gasteiger partial charge in [-0.2, -0.15) is 0 Å². The Morgan fingerprint density at radius 3 is 0.897 bits per heavy atom. The van der Waals surface area contributed by atoms with Gasteiger partial charge in [0.25, 0.3) is 0 Å². The molecule has 33 heteroatoms. The molecule has 9 aromatic rings. The largest absolute Gasteiger partial charge is 0.497 e. The zero-order valence-corrected chi connectivity index (χ0v) is 85.5. The molecule has 11 atom stereocenters. The Balaban J connectivity index is 0.000000460. The van der Waals surface area contributed by atoms with Gasteiger partial charge in [0.1, 0.15) is 60.9 Å². The summed E-state index contributed by atoms with van der Waals surface area (Å²) in [7, 11) is 5.98. The van der Waals surface area contributed by atoms with E-state index in [1.54, 1.807) is 97.6 Å². The van der Waals surface area contributed by atoms with Crippen LogP contribution >= 0.6 is 0 Å². The summed E-state index contributed by atoms with van der Waals surface area (Å²) in [5.41, 5.74) is 12.1. The molecule has 2 aliphatic heterocycles. The third kappa shape index (κ3) is 42.7. The second kappa shape index (κ2) is 60.9. The number of nitrogens with one attached hydrogen (secondary N) is 5. The van der Waals surface area contributed by atoms with Crippen molar-refractivity contribution in [1.29, 1.82) is 0 Å². The number of aliphatic carboxylic acids is 2. The summed E-state index contributed by atoms with van der Waals surface area (Å²) < 4.78 is 61.1. The van der Waals surface area contributed by atoms with Gasteiger partial charge in [-0.25, -0.2) is 19.2 Å². The minimum Gasteiger partial charge on any atom is -0.497 e. The first-order valence-corrected chi connectivity index (χ1v) is 43.1. The number of nitrogens with two attached hydrogens (primary N) is 1. The Kier molecular flexibility index (Phi) is 51.1. The number of Topliss-reactive ketones (excluding diaryl/α,β-unsaturated/α-hetero) is 5. The Morgan fingerprint density at radius 1 is 0.353 bits per heavy atom. The van der Waals surface area contributed by atoms with Crippen LogP contribution in [0.15, 0.2) is 255 Å². The number of carboxylic acid groups (broad SMARTS) is 2. The minimum atomic E-state index is -1.10. The number of hydrogen-bond donors (Lipinski definition) is 8. The van der Waals surface area contributed by atoms with Crippen LogP contribution in [-0.4, -0.2) is 176 Å². The number of rotatable bonds is 43. The van der Waals surface area contributed by atoms with Gasteiger partial charge in [-0.1, -0.05) is 226 Å². The summed E-state index contributed by atoms with van der Waals surface area (Å²) in [6.45, 7) is 10.7. The van der Waals surface area contributed by atoms with Crippen molar-refractivity contribution in [2.45, 2.75) is 174 Å². The van der Waals surface area contributed by atoms with Crippen LogP contribution in [0.4, 0.5) is 19.2 Å². The molecule has 136 heavy (non-hydrogen) atoms. The molecule has 9 aromatic carbocycles. The van der Waals surface area contributed by atoms with Crippen molar-refractivity contribution in [2.75, 3.05) is 41.7 Å². The van der Waals surface area contributed by atoms with Crippen LogP contribution in [0.1, 0.15) is 121 Å². The van der Waals surface area contributed by atoms with Gasteiger partial charge in [0, 0.05) is 90.4 Å². The Morgan fingerprint density at radius 2 is 0.610 bits per heavy atom. The van der Waals surface area contributed by atoms with Crippen molar-refractivity contribution in [3.63, 3.8) is 0 Å². The summed E-state index contributed by atoms with van der Waals surface area (Å²) in [6.07, 6.45) is -1.63. The van der Waals surface area contributed by atoms with Gasteiger partial charge in [-0.3, -0.25) is 43.2 Å². The number of amides is 5. The van der Waals surface area contributed by atoms with E-state index in [1.807, 2.05) is 206 Å². The number of epoxide rings is 2. The van der Waals surface area contributed by atoms with E-state index in [-0.39, 0.29) is 157 Å².